The van der Waals surface area contributed by atoms with E-state index in [0.717, 1.165) is 13.0 Å². The van der Waals surface area contributed by atoms with Crippen LogP contribution in [-0.2, 0) is 9.59 Å². The summed E-state index contributed by atoms with van der Waals surface area (Å²) >= 11 is 0. The highest BCUT2D eigenvalue weighted by Crippen LogP contribution is 2.38. The molecule has 2 fully saturated rings. The number of hydrogen-bond acceptors (Lipinski definition) is 3. The van der Waals surface area contributed by atoms with E-state index >= 15 is 0 Å². The summed E-state index contributed by atoms with van der Waals surface area (Å²) in [6.07, 6.45) is 8.02. The fourth-order valence-electron chi connectivity index (χ4n) is 2.86. The second kappa shape index (κ2) is 3.04. The average molecular weight is 218 g/mol. The molecule has 4 heteroatoms. The van der Waals surface area contributed by atoms with Crippen LogP contribution in [0, 0.1) is 0 Å². The van der Waals surface area contributed by atoms with Gasteiger partial charge in [-0.05, 0) is 18.6 Å². The lowest BCUT2D eigenvalue weighted by molar-refractivity contribution is -0.135. The molecule has 16 heavy (non-hydrogen) atoms. The topological polar surface area (TPSA) is 40.6 Å². The lowest BCUT2D eigenvalue weighted by atomic mass is 9.90. The molecule has 0 saturated carbocycles. The SMILES string of the molecule is CN1C(=O)CN2C[C@@H]1CC21C=CC(=O)C=C1. The Labute approximate surface area is 94.2 Å². The van der Waals surface area contributed by atoms with E-state index < -0.39 is 0 Å². The lowest BCUT2D eigenvalue weighted by Gasteiger charge is -2.35. The van der Waals surface area contributed by atoms with E-state index in [4.69, 9.17) is 0 Å². The maximum atomic E-state index is 11.7. The second-order valence-electron chi connectivity index (χ2n) is 4.80. The molecule has 2 aliphatic heterocycles. The van der Waals surface area contributed by atoms with Crippen molar-refractivity contribution in [1.29, 1.82) is 0 Å². The minimum Gasteiger partial charge on any atom is -0.340 e. The number of amides is 1. The summed E-state index contributed by atoms with van der Waals surface area (Å²) in [5.41, 5.74) is -0.195. The van der Waals surface area contributed by atoms with E-state index in [9.17, 15) is 9.59 Å². The molecule has 0 aromatic heterocycles. The molecule has 2 bridgehead atoms. The van der Waals surface area contributed by atoms with Crippen molar-refractivity contribution in [3.63, 3.8) is 0 Å². The number of carbonyl (C=O) groups is 2. The quantitative estimate of drug-likeness (QED) is 0.573. The molecule has 1 unspecified atom stereocenters. The van der Waals surface area contributed by atoms with Crippen LogP contribution >= 0.6 is 0 Å². The third-order valence-electron chi connectivity index (χ3n) is 3.92. The minimum atomic E-state index is -0.195. The summed E-state index contributed by atoms with van der Waals surface area (Å²) < 4.78 is 0. The summed E-state index contributed by atoms with van der Waals surface area (Å²) in [6.45, 7) is 1.36. The zero-order valence-corrected chi connectivity index (χ0v) is 9.22. The van der Waals surface area contributed by atoms with Gasteiger partial charge in [-0.25, -0.2) is 0 Å². The molecule has 84 valence electrons. The summed E-state index contributed by atoms with van der Waals surface area (Å²) in [5.74, 6) is 0.208. The molecule has 0 aromatic carbocycles. The van der Waals surface area contributed by atoms with E-state index in [2.05, 4.69) is 4.90 Å². The van der Waals surface area contributed by atoms with Gasteiger partial charge in [-0.1, -0.05) is 12.2 Å². The number of nitrogens with zero attached hydrogens (tertiary/aromatic N) is 2. The average Bonchev–Trinajstić information content (AvgIpc) is 2.56. The van der Waals surface area contributed by atoms with E-state index in [1.807, 2.05) is 24.1 Å². The molecule has 2 heterocycles. The van der Waals surface area contributed by atoms with Crippen molar-refractivity contribution in [3.05, 3.63) is 24.3 Å². The summed E-state index contributed by atoms with van der Waals surface area (Å²) in [5, 5.41) is 0. The monoisotopic (exact) mass is 218 g/mol. The van der Waals surface area contributed by atoms with Crippen molar-refractivity contribution in [3.8, 4) is 0 Å². The Morgan fingerprint density at radius 3 is 2.69 bits per heavy atom. The summed E-state index contributed by atoms with van der Waals surface area (Å²) in [6, 6.07) is 0.281. The Morgan fingerprint density at radius 2 is 2.00 bits per heavy atom. The van der Waals surface area contributed by atoms with Crippen LogP contribution in [0.15, 0.2) is 24.3 Å². The predicted molar refractivity (Wildman–Crippen MR) is 58.8 cm³/mol. The number of hydrogen-bond donors (Lipinski definition) is 0. The Balaban J connectivity index is 1.95. The van der Waals surface area contributed by atoms with Crippen LogP contribution < -0.4 is 0 Å². The Bertz CT molecular complexity index is 409. The highest BCUT2D eigenvalue weighted by atomic mass is 16.2. The molecule has 3 aliphatic rings. The van der Waals surface area contributed by atoms with Crippen LogP contribution in [-0.4, -0.2) is 53.2 Å². The number of carbonyl (C=O) groups excluding carboxylic acids is 2. The molecule has 2 atom stereocenters. The number of likely N-dealkylation sites (N-methyl/N-ethyl adjacent to an activating group) is 1. The van der Waals surface area contributed by atoms with Crippen molar-refractivity contribution in [2.45, 2.75) is 18.0 Å². The fourth-order valence-corrected chi connectivity index (χ4v) is 2.86. The first-order valence-electron chi connectivity index (χ1n) is 5.54. The number of fused-ring (bicyclic) bond motifs is 3. The molecule has 0 aromatic rings. The van der Waals surface area contributed by atoms with Gasteiger partial charge < -0.3 is 4.90 Å². The summed E-state index contributed by atoms with van der Waals surface area (Å²) in [7, 11) is 1.87. The predicted octanol–water partition coefficient (Wildman–Crippen LogP) is -0.0334. The first-order valence-corrected chi connectivity index (χ1v) is 5.54. The van der Waals surface area contributed by atoms with Crippen LogP contribution in [0.4, 0.5) is 0 Å². The number of allylic oxidation sites excluding steroid dienone is 2. The molecule has 2 saturated heterocycles. The van der Waals surface area contributed by atoms with E-state index in [1.54, 1.807) is 12.2 Å². The largest absolute Gasteiger partial charge is 0.340 e. The maximum Gasteiger partial charge on any atom is 0.236 e. The number of rotatable bonds is 0. The normalized spacial score (nSPS) is 35.2. The molecule has 4 nitrogen and oxygen atoms in total. The molecular weight excluding hydrogens is 204 g/mol. The molecule has 0 radical (unpaired) electrons. The zero-order chi connectivity index (χ0) is 11.3. The fraction of sp³-hybridized carbons (Fsp3) is 0.500. The van der Waals surface area contributed by atoms with Gasteiger partial charge in [0.15, 0.2) is 5.78 Å². The molecular formula is C12H14N2O2. The van der Waals surface area contributed by atoms with Gasteiger partial charge in [0.1, 0.15) is 0 Å². The highest BCUT2D eigenvalue weighted by molar-refractivity contribution is 6.00. The van der Waals surface area contributed by atoms with Gasteiger partial charge in [-0.15, -0.1) is 0 Å². The Kier molecular flexibility index (Phi) is 1.86. The van der Waals surface area contributed by atoms with Gasteiger partial charge in [0.05, 0.1) is 12.1 Å². The third-order valence-corrected chi connectivity index (χ3v) is 3.92. The van der Waals surface area contributed by atoms with E-state index in [1.165, 1.54) is 0 Å². The summed E-state index contributed by atoms with van der Waals surface area (Å²) in [4.78, 5) is 26.9. The van der Waals surface area contributed by atoms with Crippen LogP contribution in [0.1, 0.15) is 6.42 Å². The van der Waals surface area contributed by atoms with Crippen LogP contribution in [0.2, 0.25) is 0 Å². The molecule has 0 N–H and O–H groups in total. The molecule has 1 spiro atoms. The van der Waals surface area contributed by atoms with Crippen molar-refractivity contribution in [1.82, 2.24) is 9.80 Å². The van der Waals surface area contributed by atoms with E-state index in [-0.39, 0.29) is 23.3 Å². The standard InChI is InChI=1S/C12H14N2O2/c1-13-9-6-12(4-2-10(15)3-5-12)14(7-9)8-11(13)16/h2-5,9H,6-8H2,1H3/t9-/m0/s1. The zero-order valence-electron chi connectivity index (χ0n) is 9.22. The minimum absolute atomic E-state index is 0.0351. The first-order chi connectivity index (χ1) is 7.61. The van der Waals surface area contributed by atoms with Crippen LogP contribution in [0.25, 0.3) is 0 Å². The highest BCUT2D eigenvalue weighted by Gasteiger charge is 2.49. The third kappa shape index (κ3) is 1.19. The molecule has 1 aliphatic carbocycles. The van der Waals surface area contributed by atoms with Crippen LogP contribution in [0.3, 0.4) is 0 Å². The Morgan fingerprint density at radius 1 is 1.31 bits per heavy atom. The van der Waals surface area contributed by atoms with Gasteiger partial charge >= 0.3 is 0 Å². The number of ketones is 1. The first kappa shape index (κ1) is 9.78. The van der Waals surface area contributed by atoms with Crippen molar-refractivity contribution in [2.24, 2.45) is 0 Å². The Hall–Kier alpha value is -1.42. The second-order valence-corrected chi connectivity index (χ2v) is 4.80. The van der Waals surface area contributed by atoms with Gasteiger partial charge in [-0.3, -0.25) is 14.5 Å². The van der Waals surface area contributed by atoms with Crippen molar-refractivity contribution < 1.29 is 9.59 Å². The smallest absolute Gasteiger partial charge is 0.236 e. The molecule has 3 rings (SSSR count). The number of piperazine rings is 1. The van der Waals surface area contributed by atoms with Crippen molar-refractivity contribution >= 4 is 11.7 Å². The van der Waals surface area contributed by atoms with Gasteiger partial charge in [0, 0.05) is 19.6 Å². The van der Waals surface area contributed by atoms with Crippen LogP contribution in [0.5, 0.6) is 0 Å². The van der Waals surface area contributed by atoms with E-state index in [0.29, 0.717) is 6.54 Å². The van der Waals surface area contributed by atoms with Crippen molar-refractivity contribution in [2.75, 3.05) is 20.1 Å². The lowest BCUT2D eigenvalue weighted by Crippen LogP contribution is -2.51. The molecule has 1 amide bonds. The van der Waals surface area contributed by atoms with Gasteiger partial charge in [0.2, 0.25) is 5.91 Å². The van der Waals surface area contributed by atoms with Gasteiger partial charge in [-0.2, -0.15) is 0 Å². The van der Waals surface area contributed by atoms with Gasteiger partial charge in [0.25, 0.3) is 0 Å². The maximum absolute atomic E-state index is 11.7.